The maximum atomic E-state index is 13.8. The molecule has 18 heavy (non-hydrogen) atoms. The first-order valence-corrected chi connectivity index (χ1v) is 7.60. The zero-order chi connectivity index (χ0) is 13.3. The standard InChI is InChI=1S/C12H6Br3F2N/c13-5-8-9(14)4-11(15)18-12(8)7-2-1-6(16)3-10(7)17/h1-4H,5H2. The van der Waals surface area contributed by atoms with Crippen molar-refractivity contribution in [2.75, 3.05) is 0 Å². The third kappa shape index (κ3) is 2.81. The van der Waals surface area contributed by atoms with Gasteiger partial charge in [-0.15, -0.1) is 0 Å². The van der Waals surface area contributed by atoms with E-state index in [0.717, 1.165) is 16.1 Å². The van der Waals surface area contributed by atoms with Gasteiger partial charge in [0.2, 0.25) is 0 Å². The zero-order valence-corrected chi connectivity index (χ0v) is 13.6. The topological polar surface area (TPSA) is 12.9 Å². The summed E-state index contributed by atoms with van der Waals surface area (Å²) in [5.41, 5.74) is 1.56. The summed E-state index contributed by atoms with van der Waals surface area (Å²) in [5, 5.41) is 0.514. The molecule has 0 saturated heterocycles. The summed E-state index contributed by atoms with van der Waals surface area (Å²) in [7, 11) is 0. The summed E-state index contributed by atoms with van der Waals surface area (Å²) in [6.07, 6.45) is 0. The second-order valence-corrected chi connectivity index (χ2v) is 5.74. The van der Waals surface area contributed by atoms with Gasteiger partial charge in [-0.1, -0.05) is 31.9 Å². The van der Waals surface area contributed by atoms with Gasteiger partial charge in [0.05, 0.1) is 5.69 Å². The lowest BCUT2D eigenvalue weighted by Crippen LogP contribution is -1.96. The van der Waals surface area contributed by atoms with Crippen molar-refractivity contribution in [3.05, 3.63) is 50.5 Å². The van der Waals surface area contributed by atoms with Crippen LogP contribution in [0.1, 0.15) is 5.56 Å². The van der Waals surface area contributed by atoms with Crippen molar-refractivity contribution in [1.29, 1.82) is 0 Å². The third-order valence-electron chi connectivity index (χ3n) is 2.36. The quantitative estimate of drug-likeness (QED) is 0.446. The van der Waals surface area contributed by atoms with Crippen LogP contribution in [0.4, 0.5) is 8.78 Å². The highest BCUT2D eigenvalue weighted by atomic mass is 79.9. The molecule has 0 fully saturated rings. The number of alkyl halides is 1. The van der Waals surface area contributed by atoms with Crippen molar-refractivity contribution < 1.29 is 8.78 Å². The predicted octanol–water partition coefficient (Wildman–Crippen LogP) is 5.45. The minimum atomic E-state index is -0.630. The lowest BCUT2D eigenvalue weighted by atomic mass is 10.1. The number of rotatable bonds is 2. The third-order valence-corrected chi connectivity index (χ3v) is 4.03. The molecule has 1 nitrogen and oxygen atoms in total. The molecule has 0 amide bonds. The van der Waals surface area contributed by atoms with E-state index in [-0.39, 0.29) is 5.56 Å². The molecular formula is C12H6Br3F2N. The first-order valence-electron chi connectivity index (χ1n) is 4.89. The Bertz CT molecular complexity index is 602. The molecule has 2 rings (SSSR count). The van der Waals surface area contributed by atoms with Crippen molar-refractivity contribution in [3.63, 3.8) is 0 Å². The van der Waals surface area contributed by atoms with E-state index in [1.54, 1.807) is 6.07 Å². The molecule has 0 spiro atoms. The molecule has 0 aliphatic heterocycles. The van der Waals surface area contributed by atoms with E-state index in [2.05, 4.69) is 52.8 Å². The average Bonchev–Trinajstić information content (AvgIpc) is 2.28. The lowest BCUT2D eigenvalue weighted by molar-refractivity contribution is 0.585. The van der Waals surface area contributed by atoms with Crippen LogP contribution in [-0.4, -0.2) is 4.98 Å². The summed E-state index contributed by atoms with van der Waals surface area (Å²) in [6, 6.07) is 5.23. The van der Waals surface area contributed by atoms with Gasteiger partial charge in [0.25, 0.3) is 0 Å². The Morgan fingerprint density at radius 3 is 2.44 bits per heavy atom. The van der Waals surface area contributed by atoms with Crippen LogP contribution in [-0.2, 0) is 5.33 Å². The van der Waals surface area contributed by atoms with E-state index in [4.69, 9.17) is 0 Å². The van der Waals surface area contributed by atoms with Crippen molar-refractivity contribution in [1.82, 2.24) is 4.98 Å². The Balaban J connectivity index is 2.69. The molecule has 0 saturated carbocycles. The van der Waals surface area contributed by atoms with Crippen LogP contribution >= 0.6 is 47.8 Å². The number of aromatic nitrogens is 1. The first-order chi connectivity index (χ1) is 8.52. The summed E-state index contributed by atoms with van der Waals surface area (Å²) >= 11 is 10.00. The molecule has 0 atom stereocenters. The summed E-state index contributed by atoms with van der Waals surface area (Å²) in [5.74, 6) is -1.24. The van der Waals surface area contributed by atoms with Crippen molar-refractivity contribution in [2.24, 2.45) is 0 Å². The number of benzene rings is 1. The summed E-state index contributed by atoms with van der Waals surface area (Å²) in [4.78, 5) is 4.26. The van der Waals surface area contributed by atoms with Crippen LogP contribution in [0.3, 0.4) is 0 Å². The average molecular weight is 442 g/mol. The summed E-state index contributed by atoms with van der Waals surface area (Å²) < 4.78 is 28.1. The van der Waals surface area contributed by atoms with E-state index < -0.39 is 11.6 Å². The second kappa shape index (κ2) is 5.75. The van der Waals surface area contributed by atoms with E-state index >= 15 is 0 Å². The van der Waals surface area contributed by atoms with Crippen LogP contribution in [0.5, 0.6) is 0 Å². The maximum absolute atomic E-state index is 13.8. The van der Waals surface area contributed by atoms with Crippen molar-refractivity contribution in [3.8, 4) is 11.3 Å². The van der Waals surface area contributed by atoms with Gasteiger partial charge in [0.1, 0.15) is 16.2 Å². The Kier molecular flexibility index (Phi) is 4.50. The molecule has 2 aromatic rings. The number of nitrogens with zero attached hydrogens (tertiary/aromatic N) is 1. The van der Waals surface area contributed by atoms with Crippen LogP contribution in [0.15, 0.2) is 33.3 Å². The Morgan fingerprint density at radius 1 is 1.11 bits per heavy atom. The summed E-state index contributed by atoms with van der Waals surface area (Å²) in [6.45, 7) is 0. The minimum absolute atomic E-state index is 0.271. The first kappa shape index (κ1) is 14.1. The fourth-order valence-corrected chi connectivity index (χ4v) is 3.74. The second-order valence-electron chi connectivity index (χ2n) is 3.51. The van der Waals surface area contributed by atoms with Gasteiger partial charge in [-0.05, 0) is 34.1 Å². The Morgan fingerprint density at radius 2 is 1.83 bits per heavy atom. The van der Waals surface area contributed by atoms with Crippen molar-refractivity contribution >= 4 is 47.8 Å². The molecule has 0 N–H and O–H groups in total. The lowest BCUT2D eigenvalue weighted by Gasteiger charge is -2.10. The van der Waals surface area contributed by atoms with E-state index in [9.17, 15) is 8.78 Å². The molecule has 6 heteroatoms. The number of hydrogen-bond acceptors (Lipinski definition) is 1. The largest absolute Gasteiger partial charge is 0.240 e. The van der Waals surface area contributed by atoms with Crippen LogP contribution in [0.25, 0.3) is 11.3 Å². The number of hydrogen-bond donors (Lipinski definition) is 0. The number of halogens is 5. The van der Waals surface area contributed by atoms with E-state index in [1.165, 1.54) is 12.1 Å². The normalized spacial score (nSPS) is 10.7. The molecule has 0 radical (unpaired) electrons. The van der Waals surface area contributed by atoms with Gasteiger partial charge in [-0.2, -0.15) is 0 Å². The zero-order valence-electron chi connectivity index (χ0n) is 8.85. The van der Waals surface area contributed by atoms with Gasteiger partial charge >= 0.3 is 0 Å². The minimum Gasteiger partial charge on any atom is -0.240 e. The van der Waals surface area contributed by atoms with Crippen LogP contribution in [0.2, 0.25) is 0 Å². The van der Waals surface area contributed by atoms with E-state index in [1.807, 2.05) is 0 Å². The molecule has 94 valence electrons. The van der Waals surface area contributed by atoms with Gasteiger partial charge in [0.15, 0.2) is 0 Å². The fraction of sp³-hybridized carbons (Fsp3) is 0.0833. The molecule has 1 heterocycles. The number of pyridine rings is 1. The van der Waals surface area contributed by atoms with Crippen LogP contribution < -0.4 is 0 Å². The van der Waals surface area contributed by atoms with Gasteiger partial charge < -0.3 is 0 Å². The molecule has 0 unspecified atom stereocenters. The molecule has 1 aromatic heterocycles. The Hall–Kier alpha value is -0.330. The fourth-order valence-electron chi connectivity index (χ4n) is 1.54. The predicted molar refractivity (Wildman–Crippen MR) is 77.6 cm³/mol. The highest BCUT2D eigenvalue weighted by molar-refractivity contribution is 9.11. The molecule has 1 aromatic carbocycles. The van der Waals surface area contributed by atoms with E-state index in [0.29, 0.717) is 15.6 Å². The molecule has 0 aliphatic rings. The molecule has 0 aliphatic carbocycles. The maximum Gasteiger partial charge on any atom is 0.135 e. The van der Waals surface area contributed by atoms with Gasteiger partial charge in [-0.25, -0.2) is 13.8 Å². The van der Waals surface area contributed by atoms with Gasteiger partial charge in [-0.3, -0.25) is 0 Å². The van der Waals surface area contributed by atoms with Crippen molar-refractivity contribution in [2.45, 2.75) is 5.33 Å². The Labute approximate surface area is 128 Å². The smallest absolute Gasteiger partial charge is 0.135 e. The molecule has 0 bridgehead atoms. The van der Waals surface area contributed by atoms with Crippen LogP contribution in [0, 0.1) is 11.6 Å². The van der Waals surface area contributed by atoms with Gasteiger partial charge in [0, 0.05) is 27.0 Å². The SMILES string of the molecule is Fc1ccc(-c2nc(Br)cc(Br)c2CBr)c(F)c1. The highest BCUT2D eigenvalue weighted by Crippen LogP contribution is 2.33. The monoisotopic (exact) mass is 439 g/mol. The molecular weight excluding hydrogens is 436 g/mol. The highest BCUT2D eigenvalue weighted by Gasteiger charge is 2.15.